The van der Waals surface area contributed by atoms with Gasteiger partial charge in [0.05, 0.1) is 12.8 Å². The number of benzene rings is 1. The summed E-state index contributed by atoms with van der Waals surface area (Å²) >= 11 is 0.407. The van der Waals surface area contributed by atoms with Gasteiger partial charge in [0.2, 0.25) is 0 Å². The number of halogens is 2. The van der Waals surface area contributed by atoms with Gasteiger partial charge in [-0.05, 0) is 19.1 Å². The number of aromatic nitrogens is 2. The second kappa shape index (κ2) is 6.13. The van der Waals surface area contributed by atoms with Gasteiger partial charge in [-0.15, -0.1) is 0 Å². The van der Waals surface area contributed by atoms with Crippen molar-refractivity contribution in [2.45, 2.75) is 17.6 Å². The zero-order valence-corrected chi connectivity index (χ0v) is 12.2. The van der Waals surface area contributed by atoms with Crippen molar-refractivity contribution < 1.29 is 18.3 Å². The topological polar surface area (TPSA) is 70.1 Å². The number of carbonyl (C=O) groups excluding carboxylic acids is 1. The Kier molecular flexibility index (Phi) is 4.46. The van der Waals surface area contributed by atoms with Gasteiger partial charge >= 0.3 is 5.97 Å². The molecule has 0 fully saturated rings. The smallest absolute Gasteiger partial charge is 0.360 e. The first-order valence-corrected chi connectivity index (χ1v) is 6.81. The molecular formula is C13H13F2N3O2S. The number of rotatable bonds is 4. The average molecular weight is 313 g/mol. The molecule has 0 radical (unpaired) electrons. The van der Waals surface area contributed by atoms with Gasteiger partial charge in [-0.3, -0.25) is 4.57 Å². The van der Waals surface area contributed by atoms with E-state index in [1.807, 2.05) is 0 Å². The van der Waals surface area contributed by atoms with E-state index in [-0.39, 0.29) is 11.5 Å². The number of alkyl halides is 2. The van der Waals surface area contributed by atoms with Crippen LogP contribution in [0.3, 0.4) is 0 Å². The zero-order chi connectivity index (χ0) is 15.6. The van der Waals surface area contributed by atoms with E-state index in [1.54, 1.807) is 31.2 Å². The maximum atomic E-state index is 12.6. The Morgan fingerprint density at radius 2 is 2.10 bits per heavy atom. The first-order valence-electron chi connectivity index (χ1n) is 5.93. The number of hydrogen-bond donors (Lipinski definition) is 1. The first kappa shape index (κ1) is 15.3. The van der Waals surface area contributed by atoms with Crippen molar-refractivity contribution in [3.63, 3.8) is 0 Å². The minimum Gasteiger partial charge on any atom is -0.464 e. The van der Waals surface area contributed by atoms with Gasteiger partial charge in [-0.1, -0.05) is 23.9 Å². The van der Waals surface area contributed by atoms with Crippen LogP contribution in [0, 0.1) is 6.92 Å². The van der Waals surface area contributed by atoms with Crippen LogP contribution >= 0.6 is 11.8 Å². The van der Waals surface area contributed by atoms with Crippen molar-refractivity contribution in [3.8, 4) is 5.69 Å². The highest BCUT2D eigenvalue weighted by Gasteiger charge is 2.22. The molecule has 2 rings (SSSR count). The monoisotopic (exact) mass is 313 g/mol. The number of aryl methyl sites for hydroxylation is 1. The molecular weight excluding hydrogens is 300 g/mol. The average Bonchev–Trinajstić information content (AvgIpc) is 2.73. The minimum absolute atomic E-state index is 0.0353. The van der Waals surface area contributed by atoms with E-state index in [4.69, 9.17) is 5.73 Å². The Morgan fingerprint density at radius 1 is 1.43 bits per heavy atom. The van der Waals surface area contributed by atoms with Gasteiger partial charge < -0.3 is 10.5 Å². The van der Waals surface area contributed by atoms with Crippen molar-refractivity contribution in [2.24, 2.45) is 0 Å². The molecule has 0 saturated carbocycles. The van der Waals surface area contributed by atoms with Crippen LogP contribution in [0.1, 0.15) is 16.3 Å². The number of methoxy groups -OCH3 is 1. The summed E-state index contributed by atoms with van der Waals surface area (Å²) in [5.41, 5.74) is 6.32. The van der Waals surface area contributed by atoms with Crippen LogP contribution in [0.25, 0.3) is 5.69 Å². The summed E-state index contributed by atoms with van der Waals surface area (Å²) in [4.78, 5) is 16.0. The summed E-state index contributed by atoms with van der Waals surface area (Å²) in [5, 5.41) is 0. The van der Waals surface area contributed by atoms with Crippen molar-refractivity contribution in [1.29, 1.82) is 0 Å². The third-order valence-electron chi connectivity index (χ3n) is 2.78. The summed E-state index contributed by atoms with van der Waals surface area (Å²) in [7, 11) is 1.22. The number of hydrogen-bond acceptors (Lipinski definition) is 5. The lowest BCUT2D eigenvalue weighted by molar-refractivity contribution is 0.0596. The molecule has 0 saturated heterocycles. The van der Waals surface area contributed by atoms with E-state index < -0.39 is 11.7 Å². The molecule has 8 heteroatoms. The van der Waals surface area contributed by atoms with E-state index in [2.05, 4.69) is 9.72 Å². The largest absolute Gasteiger partial charge is 0.464 e. The molecule has 2 aromatic rings. The quantitative estimate of drug-likeness (QED) is 0.694. The molecule has 0 amide bonds. The zero-order valence-electron chi connectivity index (χ0n) is 11.3. The second-order valence-corrected chi connectivity index (χ2v) is 5.10. The molecule has 112 valence electrons. The van der Waals surface area contributed by atoms with Gasteiger partial charge in [0.25, 0.3) is 5.76 Å². The number of nitrogens with zero attached hydrogens (tertiary/aromatic N) is 2. The second-order valence-electron chi connectivity index (χ2n) is 4.07. The predicted octanol–water partition coefficient (Wildman–Crippen LogP) is 2.86. The highest BCUT2D eigenvalue weighted by atomic mass is 32.2. The van der Waals surface area contributed by atoms with Crippen molar-refractivity contribution in [1.82, 2.24) is 9.55 Å². The molecule has 0 aliphatic heterocycles. The van der Waals surface area contributed by atoms with Crippen LogP contribution in [0.5, 0.6) is 0 Å². The molecule has 0 aliphatic carbocycles. The molecule has 0 atom stereocenters. The van der Waals surface area contributed by atoms with Gasteiger partial charge in [0.15, 0.2) is 5.69 Å². The summed E-state index contributed by atoms with van der Waals surface area (Å²) in [6, 6.07) is 6.54. The summed E-state index contributed by atoms with van der Waals surface area (Å²) in [6.45, 7) is 1.63. The Morgan fingerprint density at radius 3 is 2.71 bits per heavy atom. The van der Waals surface area contributed by atoms with Crippen LogP contribution in [0.15, 0.2) is 29.2 Å². The Bertz CT molecular complexity index is 673. The molecule has 2 N–H and O–H groups in total. The fourth-order valence-electron chi connectivity index (χ4n) is 1.94. The highest BCUT2D eigenvalue weighted by molar-refractivity contribution is 7.99. The van der Waals surface area contributed by atoms with E-state index in [9.17, 15) is 13.6 Å². The number of anilines is 1. The summed E-state index contributed by atoms with van der Waals surface area (Å²) in [6.07, 6.45) is 0. The Hall–Kier alpha value is -2.09. The van der Waals surface area contributed by atoms with E-state index in [0.29, 0.717) is 28.2 Å². The first-order chi connectivity index (χ1) is 9.95. The van der Waals surface area contributed by atoms with E-state index in [1.165, 1.54) is 11.7 Å². The third kappa shape index (κ3) is 2.99. The van der Waals surface area contributed by atoms with Gasteiger partial charge in [0, 0.05) is 4.90 Å². The number of ether oxygens (including phenoxy) is 1. The SMILES string of the molecule is COC(=O)c1nc(C)n(-c2ccccc2SC(F)F)c1N. The fourth-order valence-corrected chi connectivity index (χ4v) is 2.57. The highest BCUT2D eigenvalue weighted by Crippen LogP contribution is 2.33. The number of para-hydroxylation sites is 1. The third-order valence-corrected chi connectivity index (χ3v) is 3.56. The van der Waals surface area contributed by atoms with Gasteiger partial charge in [-0.2, -0.15) is 8.78 Å². The summed E-state index contributed by atoms with van der Waals surface area (Å²) in [5.74, 6) is -2.76. The molecule has 1 heterocycles. The molecule has 0 unspecified atom stereocenters. The molecule has 5 nitrogen and oxygen atoms in total. The molecule has 1 aromatic heterocycles. The van der Waals surface area contributed by atoms with Crippen molar-refractivity contribution >= 4 is 23.5 Å². The molecule has 0 aliphatic rings. The van der Waals surface area contributed by atoms with Crippen LogP contribution in [-0.2, 0) is 4.74 Å². The molecule has 0 spiro atoms. The van der Waals surface area contributed by atoms with Gasteiger partial charge in [-0.25, -0.2) is 9.78 Å². The fraction of sp³-hybridized carbons (Fsp3) is 0.231. The lowest BCUT2D eigenvalue weighted by atomic mass is 10.3. The number of nitrogen functional groups attached to an aromatic ring is 1. The van der Waals surface area contributed by atoms with Crippen LogP contribution in [0.2, 0.25) is 0 Å². The van der Waals surface area contributed by atoms with Crippen molar-refractivity contribution in [2.75, 3.05) is 12.8 Å². The minimum atomic E-state index is -2.56. The summed E-state index contributed by atoms with van der Waals surface area (Å²) < 4.78 is 31.3. The Labute approximate surface area is 124 Å². The Balaban J connectivity index is 2.57. The van der Waals surface area contributed by atoms with Crippen molar-refractivity contribution in [3.05, 3.63) is 35.8 Å². The molecule has 21 heavy (non-hydrogen) atoms. The van der Waals surface area contributed by atoms with Gasteiger partial charge in [0.1, 0.15) is 11.6 Å². The number of carbonyl (C=O) groups is 1. The maximum Gasteiger partial charge on any atom is 0.360 e. The number of esters is 1. The standard InChI is InChI=1S/C13H13F2N3O2S/c1-7-17-10(12(19)20-2)11(16)18(7)8-5-3-4-6-9(8)21-13(14)15/h3-6,13H,16H2,1-2H3. The number of imidazole rings is 1. The van der Waals surface area contributed by atoms with Crippen LogP contribution in [-0.4, -0.2) is 28.4 Å². The van der Waals surface area contributed by atoms with E-state index >= 15 is 0 Å². The van der Waals surface area contributed by atoms with E-state index in [0.717, 1.165) is 0 Å². The van der Waals surface area contributed by atoms with Crippen LogP contribution < -0.4 is 5.73 Å². The van der Waals surface area contributed by atoms with Crippen LogP contribution in [0.4, 0.5) is 14.6 Å². The predicted molar refractivity (Wildman–Crippen MR) is 75.9 cm³/mol. The number of nitrogens with two attached hydrogens (primary N) is 1. The normalized spacial score (nSPS) is 10.9. The maximum absolute atomic E-state index is 12.6. The number of thioether (sulfide) groups is 1. The lowest BCUT2D eigenvalue weighted by Gasteiger charge is -2.12. The lowest BCUT2D eigenvalue weighted by Crippen LogP contribution is -2.08. The molecule has 0 bridgehead atoms. The molecule has 1 aromatic carbocycles.